The number of fused-ring (bicyclic) bond motifs is 1. The molecular formula is C17H16Cl2N2. The summed E-state index contributed by atoms with van der Waals surface area (Å²) in [5.74, 6) is 1.57. The van der Waals surface area contributed by atoms with Gasteiger partial charge in [-0.25, -0.2) is 4.98 Å². The lowest BCUT2D eigenvalue weighted by molar-refractivity contribution is 0.755. The standard InChI is InChI=1S/C17H16Cl2N2/c1-12-5-4-8-15-17(12)20-16(9-10-18)21(15)11-13-6-2-3-7-14(13)19/h2-8H,9-11H2,1H3. The second-order valence-corrected chi connectivity index (χ2v) is 5.87. The molecule has 0 saturated carbocycles. The number of halogens is 2. The Morgan fingerprint density at radius 3 is 2.67 bits per heavy atom. The molecular weight excluding hydrogens is 303 g/mol. The lowest BCUT2D eigenvalue weighted by Crippen LogP contribution is -2.06. The van der Waals surface area contributed by atoms with E-state index in [4.69, 9.17) is 28.2 Å². The fraction of sp³-hybridized carbons (Fsp3) is 0.235. The van der Waals surface area contributed by atoms with Crippen molar-refractivity contribution < 1.29 is 0 Å². The molecule has 0 bridgehead atoms. The van der Waals surface area contributed by atoms with Crippen molar-refractivity contribution in [2.24, 2.45) is 0 Å². The second-order valence-electron chi connectivity index (χ2n) is 5.09. The average molecular weight is 319 g/mol. The van der Waals surface area contributed by atoms with Crippen molar-refractivity contribution >= 4 is 34.2 Å². The lowest BCUT2D eigenvalue weighted by Gasteiger charge is -2.10. The highest BCUT2D eigenvalue weighted by molar-refractivity contribution is 6.31. The van der Waals surface area contributed by atoms with Gasteiger partial charge in [-0.1, -0.05) is 41.9 Å². The third-order valence-electron chi connectivity index (χ3n) is 3.66. The SMILES string of the molecule is Cc1cccc2c1nc(CCCl)n2Cc1ccccc1Cl. The third-order valence-corrected chi connectivity index (χ3v) is 4.22. The number of hydrogen-bond acceptors (Lipinski definition) is 1. The first-order chi connectivity index (χ1) is 10.2. The minimum Gasteiger partial charge on any atom is -0.323 e. The van der Waals surface area contributed by atoms with Gasteiger partial charge in [0.1, 0.15) is 5.82 Å². The van der Waals surface area contributed by atoms with Gasteiger partial charge in [0.2, 0.25) is 0 Å². The highest BCUT2D eigenvalue weighted by Crippen LogP contribution is 2.24. The number of aromatic nitrogens is 2. The number of para-hydroxylation sites is 1. The van der Waals surface area contributed by atoms with Gasteiger partial charge in [0, 0.05) is 17.3 Å². The molecule has 2 nitrogen and oxygen atoms in total. The number of benzene rings is 2. The highest BCUT2D eigenvalue weighted by Gasteiger charge is 2.13. The van der Waals surface area contributed by atoms with Crippen LogP contribution in [0.5, 0.6) is 0 Å². The Morgan fingerprint density at radius 2 is 1.90 bits per heavy atom. The molecule has 1 heterocycles. The number of aryl methyl sites for hydroxylation is 2. The molecule has 0 aliphatic carbocycles. The van der Waals surface area contributed by atoms with Crippen molar-refractivity contribution in [3.63, 3.8) is 0 Å². The van der Waals surface area contributed by atoms with Gasteiger partial charge in [-0.05, 0) is 30.2 Å². The van der Waals surface area contributed by atoms with Crippen molar-refractivity contribution in [2.75, 3.05) is 5.88 Å². The van der Waals surface area contributed by atoms with E-state index in [1.807, 2.05) is 18.2 Å². The van der Waals surface area contributed by atoms with Crippen LogP contribution in [0.2, 0.25) is 5.02 Å². The number of alkyl halides is 1. The predicted octanol–water partition coefficient (Wildman–Crippen LogP) is 4.83. The molecule has 0 amide bonds. The molecule has 108 valence electrons. The largest absolute Gasteiger partial charge is 0.323 e. The van der Waals surface area contributed by atoms with Gasteiger partial charge >= 0.3 is 0 Å². The molecule has 0 aliphatic heterocycles. The van der Waals surface area contributed by atoms with Gasteiger partial charge in [-0.2, -0.15) is 0 Å². The molecule has 2 aromatic carbocycles. The maximum Gasteiger partial charge on any atom is 0.111 e. The summed E-state index contributed by atoms with van der Waals surface area (Å²) in [6, 6.07) is 14.2. The molecule has 0 spiro atoms. The fourth-order valence-corrected chi connectivity index (χ4v) is 2.95. The van der Waals surface area contributed by atoms with E-state index in [1.54, 1.807) is 0 Å². The third kappa shape index (κ3) is 2.78. The highest BCUT2D eigenvalue weighted by atomic mass is 35.5. The van der Waals surface area contributed by atoms with Gasteiger partial charge < -0.3 is 4.57 Å². The number of nitrogens with zero attached hydrogens (tertiary/aromatic N) is 2. The van der Waals surface area contributed by atoms with Gasteiger partial charge in [-0.15, -0.1) is 11.6 Å². The number of imidazole rings is 1. The second kappa shape index (κ2) is 6.08. The van der Waals surface area contributed by atoms with Crippen molar-refractivity contribution in [3.8, 4) is 0 Å². The molecule has 1 aromatic heterocycles. The summed E-state index contributed by atoms with van der Waals surface area (Å²) in [5.41, 5.74) is 4.46. The van der Waals surface area contributed by atoms with Crippen molar-refractivity contribution in [3.05, 3.63) is 64.4 Å². The van der Waals surface area contributed by atoms with Crippen molar-refractivity contribution in [1.82, 2.24) is 9.55 Å². The Bertz CT molecular complexity index is 778. The molecule has 0 saturated heterocycles. The van der Waals surface area contributed by atoms with Gasteiger partial charge in [0.05, 0.1) is 17.6 Å². The Hall–Kier alpha value is -1.51. The van der Waals surface area contributed by atoms with Crippen LogP contribution in [0.1, 0.15) is 17.0 Å². The van der Waals surface area contributed by atoms with Crippen LogP contribution in [0.25, 0.3) is 11.0 Å². The first-order valence-corrected chi connectivity index (χ1v) is 7.86. The summed E-state index contributed by atoms with van der Waals surface area (Å²) >= 11 is 12.2. The van der Waals surface area contributed by atoms with E-state index in [0.717, 1.165) is 33.9 Å². The van der Waals surface area contributed by atoms with E-state index in [1.165, 1.54) is 5.56 Å². The Kier molecular flexibility index (Phi) is 4.18. The van der Waals surface area contributed by atoms with E-state index >= 15 is 0 Å². The van der Waals surface area contributed by atoms with Crippen molar-refractivity contribution in [1.29, 1.82) is 0 Å². The quantitative estimate of drug-likeness (QED) is 0.630. The van der Waals surface area contributed by atoms with Crippen LogP contribution in [-0.2, 0) is 13.0 Å². The fourth-order valence-electron chi connectivity index (χ4n) is 2.58. The molecule has 0 N–H and O–H groups in total. The van der Waals surface area contributed by atoms with E-state index in [9.17, 15) is 0 Å². The summed E-state index contributed by atoms with van der Waals surface area (Å²) < 4.78 is 2.21. The molecule has 0 aliphatic rings. The molecule has 0 radical (unpaired) electrons. The van der Waals surface area contributed by atoms with Crippen LogP contribution in [0.15, 0.2) is 42.5 Å². The lowest BCUT2D eigenvalue weighted by atomic mass is 10.2. The zero-order chi connectivity index (χ0) is 14.8. The first kappa shape index (κ1) is 14.4. The monoisotopic (exact) mass is 318 g/mol. The van der Waals surface area contributed by atoms with Crippen LogP contribution in [-0.4, -0.2) is 15.4 Å². The molecule has 21 heavy (non-hydrogen) atoms. The van der Waals surface area contributed by atoms with Crippen LogP contribution in [0, 0.1) is 6.92 Å². The summed E-state index contributed by atoms with van der Waals surface area (Å²) in [4.78, 5) is 4.76. The Morgan fingerprint density at radius 1 is 1.10 bits per heavy atom. The minimum absolute atomic E-state index is 0.560. The molecule has 0 atom stereocenters. The maximum absolute atomic E-state index is 6.29. The first-order valence-electron chi connectivity index (χ1n) is 6.95. The minimum atomic E-state index is 0.560. The molecule has 4 heteroatoms. The van der Waals surface area contributed by atoms with E-state index in [0.29, 0.717) is 12.4 Å². The average Bonchev–Trinajstić information content (AvgIpc) is 2.82. The zero-order valence-corrected chi connectivity index (χ0v) is 13.3. The van der Waals surface area contributed by atoms with E-state index in [-0.39, 0.29) is 0 Å². The number of rotatable bonds is 4. The summed E-state index contributed by atoms with van der Waals surface area (Å²) in [6.45, 7) is 2.80. The smallest absolute Gasteiger partial charge is 0.111 e. The molecule has 3 rings (SSSR count). The Labute approximate surface area is 134 Å². The van der Waals surface area contributed by atoms with Gasteiger partial charge in [0.25, 0.3) is 0 Å². The zero-order valence-electron chi connectivity index (χ0n) is 11.8. The van der Waals surface area contributed by atoms with E-state index in [2.05, 4.69) is 35.8 Å². The Balaban J connectivity index is 2.13. The van der Waals surface area contributed by atoms with Crippen LogP contribution in [0.3, 0.4) is 0 Å². The molecule has 0 unspecified atom stereocenters. The normalized spacial score (nSPS) is 11.2. The molecule has 0 fully saturated rings. The predicted molar refractivity (Wildman–Crippen MR) is 89.4 cm³/mol. The van der Waals surface area contributed by atoms with Gasteiger partial charge in [0.15, 0.2) is 0 Å². The summed E-state index contributed by atoms with van der Waals surface area (Å²) in [6.07, 6.45) is 0.750. The molecule has 3 aromatic rings. The van der Waals surface area contributed by atoms with Crippen LogP contribution < -0.4 is 0 Å². The van der Waals surface area contributed by atoms with Crippen molar-refractivity contribution in [2.45, 2.75) is 19.9 Å². The number of hydrogen-bond donors (Lipinski definition) is 0. The van der Waals surface area contributed by atoms with Gasteiger partial charge in [-0.3, -0.25) is 0 Å². The maximum atomic E-state index is 6.29. The van der Waals surface area contributed by atoms with Crippen LogP contribution in [0.4, 0.5) is 0 Å². The summed E-state index contributed by atoms with van der Waals surface area (Å²) in [5, 5.41) is 0.781. The van der Waals surface area contributed by atoms with E-state index < -0.39 is 0 Å². The van der Waals surface area contributed by atoms with Crippen LogP contribution >= 0.6 is 23.2 Å². The summed E-state index contributed by atoms with van der Waals surface area (Å²) in [7, 11) is 0. The topological polar surface area (TPSA) is 17.8 Å².